The molecule has 0 aromatic heterocycles. The monoisotopic (exact) mass is 387 g/mol. The van der Waals surface area contributed by atoms with Crippen LogP contribution in [0.3, 0.4) is 0 Å². The summed E-state index contributed by atoms with van der Waals surface area (Å²) >= 11 is 0. The number of nitrogens with one attached hydrogen (secondary N) is 2. The number of rotatable bonds is 5. The first-order valence-corrected chi connectivity index (χ1v) is 9.39. The fourth-order valence-corrected chi connectivity index (χ4v) is 3.35. The summed E-state index contributed by atoms with van der Waals surface area (Å²) in [5.41, 5.74) is 2.75. The number of aliphatic imine (C=N–C) groups is 1. The summed E-state index contributed by atoms with van der Waals surface area (Å²) in [6.45, 7) is 2.01. The molecule has 1 unspecified atom stereocenters. The second-order valence-corrected chi connectivity index (χ2v) is 7.16. The van der Waals surface area contributed by atoms with Crippen LogP contribution in [0.1, 0.15) is 12.0 Å². The Bertz CT molecular complexity index is 837. The van der Waals surface area contributed by atoms with E-state index < -0.39 is 11.6 Å². The molecule has 1 saturated heterocycles. The molecule has 1 aliphatic heterocycles. The van der Waals surface area contributed by atoms with Crippen LogP contribution in [0, 0.1) is 11.6 Å². The summed E-state index contributed by atoms with van der Waals surface area (Å²) in [5.74, 6) is -0.372. The summed E-state index contributed by atoms with van der Waals surface area (Å²) in [4.78, 5) is 8.29. The molecule has 3 rings (SSSR count). The Morgan fingerprint density at radius 1 is 1.21 bits per heavy atom. The minimum atomic E-state index is -0.557. The summed E-state index contributed by atoms with van der Waals surface area (Å²) < 4.78 is 27.1. The van der Waals surface area contributed by atoms with Crippen LogP contribution in [-0.4, -0.2) is 46.2 Å². The molecule has 5 nitrogen and oxygen atoms in total. The van der Waals surface area contributed by atoms with Gasteiger partial charge in [0.2, 0.25) is 0 Å². The highest BCUT2D eigenvalue weighted by molar-refractivity contribution is 5.80. The first-order valence-electron chi connectivity index (χ1n) is 9.39. The van der Waals surface area contributed by atoms with Gasteiger partial charge in [-0.2, -0.15) is 0 Å². The van der Waals surface area contributed by atoms with Gasteiger partial charge in [-0.1, -0.05) is 12.1 Å². The van der Waals surface area contributed by atoms with Crippen LogP contribution in [0.25, 0.3) is 0 Å². The zero-order chi connectivity index (χ0) is 20.1. The van der Waals surface area contributed by atoms with Crippen molar-refractivity contribution in [2.75, 3.05) is 44.0 Å². The van der Waals surface area contributed by atoms with Gasteiger partial charge in [-0.25, -0.2) is 8.78 Å². The van der Waals surface area contributed by atoms with E-state index in [1.165, 1.54) is 12.1 Å². The lowest BCUT2D eigenvalue weighted by Crippen LogP contribution is -2.44. The summed E-state index contributed by atoms with van der Waals surface area (Å²) in [7, 11) is 5.77. The largest absolute Gasteiger partial charge is 0.378 e. The molecule has 0 bridgehead atoms. The van der Waals surface area contributed by atoms with Crippen molar-refractivity contribution in [3.8, 4) is 0 Å². The minimum Gasteiger partial charge on any atom is -0.378 e. The van der Waals surface area contributed by atoms with Gasteiger partial charge in [0.15, 0.2) is 5.96 Å². The maximum atomic E-state index is 14.0. The molecule has 0 aliphatic carbocycles. The molecule has 150 valence electrons. The smallest absolute Gasteiger partial charge is 0.191 e. The molecular weight excluding hydrogens is 360 g/mol. The Kier molecular flexibility index (Phi) is 6.34. The van der Waals surface area contributed by atoms with Gasteiger partial charge in [0, 0.05) is 58.6 Å². The molecule has 1 atom stereocenters. The number of halogens is 2. The summed E-state index contributed by atoms with van der Waals surface area (Å²) in [5, 5.41) is 6.72. The molecule has 1 fully saturated rings. The van der Waals surface area contributed by atoms with E-state index in [1.807, 2.05) is 25.1 Å². The predicted octanol–water partition coefficient (Wildman–Crippen LogP) is 2.97. The van der Waals surface area contributed by atoms with Crippen LogP contribution < -0.4 is 20.4 Å². The van der Waals surface area contributed by atoms with Crippen LogP contribution in [-0.2, 0) is 6.54 Å². The maximum Gasteiger partial charge on any atom is 0.191 e. The Morgan fingerprint density at radius 2 is 2.04 bits per heavy atom. The SMILES string of the molecule is CN=C(NCc1cccc(N(C)C)c1)NC1CCN(c2ccc(F)cc2F)C1. The Labute approximate surface area is 165 Å². The minimum absolute atomic E-state index is 0.142. The fourth-order valence-electron chi connectivity index (χ4n) is 3.35. The summed E-state index contributed by atoms with van der Waals surface area (Å²) in [6, 6.07) is 12.2. The third kappa shape index (κ3) is 4.91. The van der Waals surface area contributed by atoms with Crippen molar-refractivity contribution >= 4 is 17.3 Å². The Morgan fingerprint density at radius 3 is 2.75 bits per heavy atom. The van der Waals surface area contributed by atoms with Crippen LogP contribution in [0.5, 0.6) is 0 Å². The molecule has 0 spiro atoms. The number of hydrogen-bond acceptors (Lipinski definition) is 3. The molecule has 1 aliphatic rings. The molecule has 28 heavy (non-hydrogen) atoms. The second kappa shape index (κ2) is 8.91. The van der Waals surface area contributed by atoms with Crippen molar-refractivity contribution in [2.45, 2.75) is 19.0 Å². The van der Waals surface area contributed by atoms with E-state index in [0.717, 1.165) is 23.7 Å². The van der Waals surface area contributed by atoms with E-state index in [2.05, 4.69) is 38.7 Å². The molecule has 0 amide bonds. The van der Waals surface area contributed by atoms with E-state index >= 15 is 0 Å². The lowest BCUT2D eigenvalue weighted by atomic mass is 10.2. The average Bonchev–Trinajstić information content (AvgIpc) is 3.13. The number of anilines is 2. The standard InChI is InChI=1S/C21H27F2N5/c1-24-21(25-13-15-5-4-6-18(11-15)27(2)3)26-17-9-10-28(14-17)20-8-7-16(22)12-19(20)23/h4-8,11-12,17H,9-10,13-14H2,1-3H3,(H2,24,25,26). The zero-order valence-electron chi connectivity index (χ0n) is 16.5. The van der Waals surface area contributed by atoms with Crippen molar-refractivity contribution < 1.29 is 8.78 Å². The van der Waals surface area contributed by atoms with E-state index in [4.69, 9.17) is 0 Å². The highest BCUT2D eigenvalue weighted by Crippen LogP contribution is 2.24. The van der Waals surface area contributed by atoms with Crippen LogP contribution in [0.2, 0.25) is 0 Å². The van der Waals surface area contributed by atoms with Crippen molar-refractivity contribution in [3.05, 3.63) is 59.7 Å². The van der Waals surface area contributed by atoms with Gasteiger partial charge in [-0.3, -0.25) is 4.99 Å². The van der Waals surface area contributed by atoms with Crippen molar-refractivity contribution in [1.29, 1.82) is 0 Å². The van der Waals surface area contributed by atoms with Crippen LogP contribution >= 0.6 is 0 Å². The molecular formula is C21H27F2N5. The third-order valence-corrected chi connectivity index (χ3v) is 4.89. The first-order chi connectivity index (χ1) is 13.5. The van der Waals surface area contributed by atoms with Gasteiger partial charge in [-0.15, -0.1) is 0 Å². The number of guanidine groups is 1. The molecule has 2 N–H and O–H groups in total. The highest BCUT2D eigenvalue weighted by Gasteiger charge is 2.25. The fraction of sp³-hybridized carbons (Fsp3) is 0.381. The first kappa shape index (κ1) is 19.9. The Hall–Kier alpha value is -2.83. The highest BCUT2D eigenvalue weighted by atomic mass is 19.1. The van der Waals surface area contributed by atoms with Gasteiger partial charge in [-0.05, 0) is 36.2 Å². The molecule has 1 heterocycles. The van der Waals surface area contributed by atoms with Crippen molar-refractivity contribution in [2.24, 2.45) is 4.99 Å². The maximum absolute atomic E-state index is 14.0. The quantitative estimate of drug-likeness (QED) is 0.612. The topological polar surface area (TPSA) is 42.9 Å². The lowest BCUT2D eigenvalue weighted by Gasteiger charge is -2.21. The third-order valence-electron chi connectivity index (χ3n) is 4.89. The van der Waals surface area contributed by atoms with Crippen molar-refractivity contribution in [3.63, 3.8) is 0 Å². The van der Waals surface area contributed by atoms with Crippen LogP contribution in [0.15, 0.2) is 47.5 Å². The number of nitrogens with zero attached hydrogens (tertiary/aromatic N) is 3. The van der Waals surface area contributed by atoms with E-state index in [1.54, 1.807) is 7.05 Å². The van der Waals surface area contributed by atoms with E-state index in [-0.39, 0.29) is 6.04 Å². The van der Waals surface area contributed by atoms with E-state index in [0.29, 0.717) is 31.3 Å². The molecule has 7 heteroatoms. The van der Waals surface area contributed by atoms with Crippen molar-refractivity contribution in [1.82, 2.24) is 10.6 Å². The van der Waals surface area contributed by atoms with Gasteiger partial charge in [0.25, 0.3) is 0 Å². The zero-order valence-corrected chi connectivity index (χ0v) is 16.5. The van der Waals surface area contributed by atoms with Gasteiger partial charge in [0.05, 0.1) is 5.69 Å². The lowest BCUT2D eigenvalue weighted by molar-refractivity contribution is 0.580. The average molecular weight is 387 g/mol. The normalized spacial score (nSPS) is 17.0. The van der Waals surface area contributed by atoms with E-state index in [9.17, 15) is 8.78 Å². The number of hydrogen-bond donors (Lipinski definition) is 2. The molecule has 0 saturated carbocycles. The number of benzene rings is 2. The molecule has 0 radical (unpaired) electrons. The molecule has 2 aromatic carbocycles. The Balaban J connectivity index is 1.55. The summed E-state index contributed by atoms with van der Waals surface area (Å²) in [6.07, 6.45) is 0.855. The van der Waals surface area contributed by atoms with Gasteiger partial charge < -0.3 is 20.4 Å². The van der Waals surface area contributed by atoms with Gasteiger partial charge >= 0.3 is 0 Å². The van der Waals surface area contributed by atoms with Crippen LogP contribution in [0.4, 0.5) is 20.2 Å². The van der Waals surface area contributed by atoms with Gasteiger partial charge in [0.1, 0.15) is 11.6 Å². The predicted molar refractivity (Wildman–Crippen MR) is 111 cm³/mol. The second-order valence-electron chi connectivity index (χ2n) is 7.16. The molecule has 2 aromatic rings.